The lowest BCUT2D eigenvalue weighted by molar-refractivity contribution is -0.000394. The Bertz CT molecular complexity index is 835. The van der Waals surface area contributed by atoms with E-state index in [1.807, 2.05) is 6.07 Å². The maximum atomic E-state index is 13.6. The van der Waals surface area contributed by atoms with Gasteiger partial charge in [0.15, 0.2) is 5.82 Å². The fraction of sp³-hybridized carbons (Fsp3) is 0.727. The number of anilines is 2. The van der Waals surface area contributed by atoms with Crippen LogP contribution >= 0.6 is 0 Å². The van der Waals surface area contributed by atoms with Crippen LogP contribution in [0.1, 0.15) is 38.9 Å². The Labute approximate surface area is 182 Å². The molecule has 5 heterocycles. The second kappa shape index (κ2) is 8.26. The number of aromatic nitrogens is 2. The topological polar surface area (TPSA) is 56.8 Å². The van der Waals surface area contributed by atoms with Crippen LogP contribution in [0.4, 0.5) is 20.4 Å². The van der Waals surface area contributed by atoms with E-state index in [4.69, 9.17) is 4.74 Å². The van der Waals surface area contributed by atoms with Crippen molar-refractivity contribution in [2.45, 2.75) is 50.8 Å². The van der Waals surface area contributed by atoms with E-state index in [-0.39, 0.29) is 17.5 Å². The van der Waals surface area contributed by atoms with Gasteiger partial charge in [-0.2, -0.15) is 0 Å². The summed E-state index contributed by atoms with van der Waals surface area (Å²) >= 11 is 0. The third kappa shape index (κ3) is 3.81. The zero-order chi connectivity index (χ0) is 21.6. The molecule has 0 aliphatic carbocycles. The SMILES string of the molecule is CC1=CCOC12CCN(c1cc(N3C[C@@H](N4CCNCC4)[C@H]3C)nc(C(F)F)n1)CC2. The molecule has 0 saturated carbocycles. The number of ether oxygens (including phenoxy) is 1. The highest BCUT2D eigenvalue weighted by molar-refractivity contribution is 5.54. The van der Waals surface area contributed by atoms with E-state index in [2.05, 4.69) is 49.9 Å². The van der Waals surface area contributed by atoms with Crippen molar-refractivity contribution in [3.63, 3.8) is 0 Å². The maximum Gasteiger partial charge on any atom is 0.297 e. The van der Waals surface area contributed by atoms with E-state index < -0.39 is 6.43 Å². The summed E-state index contributed by atoms with van der Waals surface area (Å²) in [7, 11) is 0. The van der Waals surface area contributed by atoms with Crippen molar-refractivity contribution in [3.05, 3.63) is 23.5 Å². The van der Waals surface area contributed by atoms with Crippen LogP contribution in [0.15, 0.2) is 17.7 Å². The minimum atomic E-state index is -2.68. The van der Waals surface area contributed by atoms with Crippen LogP contribution in [-0.2, 0) is 4.74 Å². The summed E-state index contributed by atoms with van der Waals surface area (Å²) in [5.41, 5.74) is 1.11. The number of rotatable bonds is 4. The lowest BCUT2D eigenvalue weighted by Crippen LogP contribution is -2.68. The highest BCUT2D eigenvalue weighted by Crippen LogP contribution is 2.39. The van der Waals surface area contributed by atoms with Crippen LogP contribution in [0.3, 0.4) is 0 Å². The molecule has 0 bridgehead atoms. The molecule has 31 heavy (non-hydrogen) atoms. The lowest BCUT2D eigenvalue weighted by atomic mass is 9.85. The van der Waals surface area contributed by atoms with Crippen molar-refractivity contribution in [2.75, 3.05) is 62.2 Å². The number of nitrogens with zero attached hydrogens (tertiary/aromatic N) is 5. The first-order valence-electron chi connectivity index (χ1n) is 11.4. The quantitative estimate of drug-likeness (QED) is 0.730. The summed E-state index contributed by atoms with van der Waals surface area (Å²) in [4.78, 5) is 15.2. The van der Waals surface area contributed by atoms with Crippen molar-refractivity contribution in [3.8, 4) is 0 Å². The van der Waals surface area contributed by atoms with Crippen molar-refractivity contribution in [1.82, 2.24) is 20.2 Å². The van der Waals surface area contributed by atoms with Gasteiger partial charge < -0.3 is 19.9 Å². The first-order valence-corrected chi connectivity index (χ1v) is 11.4. The predicted octanol–water partition coefficient (Wildman–Crippen LogP) is 2.21. The van der Waals surface area contributed by atoms with Crippen molar-refractivity contribution in [2.24, 2.45) is 0 Å². The molecule has 4 aliphatic rings. The van der Waals surface area contributed by atoms with Gasteiger partial charge in [0.2, 0.25) is 0 Å². The molecular weight excluding hydrogens is 402 g/mol. The number of piperazine rings is 1. The van der Waals surface area contributed by atoms with E-state index in [0.29, 0.717) is 24.3 Å². The summed E-state index contributed by atoms with van der Waals surface area (Å²) in [5, 5.41) is 3.38. The average molecular weight is 435 g/mol. The van der Waals surface area contributed by atoms with Crippen molar-refractivity contribution < 1.29 is 13.5 Å². The van der Waals surface area contributed by atoms with E-state index in [1.54, 1.807) is 0 Å². The molecule has 3 saturated heterocycles. The standard InChI is InChI=1S/C22H32F2N6O/c1-15-3-12-31-22(15)4-8-29(9-5-22)18-13-19(27-21(26-18)20(23)24)30-14-17(16(30)2)28-10-6-25-7-11-28/h3,13,16-17,20,25H,4-12,14H2,1-2H3/t16-,17-/m1/s1. The fourth-order valence-electron chi connectivity index (χ4n) is 5.43. The van der Waals surface area contributed by atoms with Gasteiger partial charge in [-0.05, 0) is 32.3 Å². The first-order chi connectivity index (χ1) is 15.0. The molecule has 170 valence electrons. The Morgan fingerprint density at radius 3 is 2.45 bits per heavy atom. The molecule has 7 nitrogen and oxygen atoms in total. The number of piperidine rings is 1. The number of alkyl halides is 2. The smallest absolute Gasteiger partial charge is 0.297 e. The summed E-state index contributed by atoms with van der Waals surface area (Å²) < 4.78 is 33.3. The average Bonchev–Trinajstić information content (AvgIpc) is 3.13. The van der Waals surface area contributed by atoms with Gasteiger partial charge in [0, 0.05) is 64.0 Å². The number of halogens is 2. The van der Waals surface area contributed by atoms with Crippen LogP contribution in [0.5, 0.6) is 0 Å². The molecule has 2 atom stereocenters. The van der Waals surface area contributed by atoms with Crippen LogP contribution in [0.25, 0.3) is 0 Å². The molecule has 1 N–H and O–H groups in total. The molecule has 4 aliphatic heterocycles. The van der Waals surface area contributed by atoms with Gasteiger partial charge >= 0.3 is 0 Å². The largest absolute Gasteiger partial charge is 0.366 e. The number of hydrogen-bond acceptors (Lipinski definition) is 7. The highest BCUT2D eigenvalue weighted by atomic mass is 19.3. The van der Waals surface area contributed by atoms with E-state index in [1.165, 1.54) is 5.57 Å². The highest BCUT2D eigenvalue weighted by Gasteiger charge is 2.42. The normalized spacial score (nSPS) is 28.9. The molecule has 0 unspecified atom stereocenters. The Kier molecular flexibility index (Phi) is 5.60. The summed E-state index contributed by atoms with van der Waals surface area (Å²) in [6.07, 6.45) is 1.17. The Morgan fingerprint density at radius 2 is 1.84 bits per heavy atom. The zero-order valence-corrected chi connectivity index (χ0v) is 18.4. The second-order valence-electron chi connectivity index (χ2n) is 9.17. The number of nitrogens with one attached hydrogen (secondary N) is 1. The van der Waals surface area contributed by atoms with E-state index >= 15 is 0 Å². The maximum absolute atomic E-state index is 13.6. The Hall–Kier alpha value is -1.84. The summed E-state index contributed by atoms with van der Waals surface area (Å²) in [5.74, 6) is 0.846. The van der Waals surface area contributed by atoms with Crippen LogP contribution in [0.2, 0.25) is 0 Å². The lowest BCUT2D eigenvalue weighted by Gasteiger charge is -2.53. The second-order valence-corrected chi connectivity index (χ2v) is 9.17. The van der Waals surface area contributed by atoms with Gasteiger partial charge in [0.1, 0.15) is 11.6 Å². The van der Waals surface area contributed by atoms with E-state index in [0.717, 1.165) is 58.7 Å². The first kappa shape index (κ1) is 21.0. The van der Waals surface area contributed by atoms with Crippen LogP contribution in [-0.4, -0.2) is 85.0 Å². The zero-order valence-electron chi connectivity index (χ0n) is 18.4. The van der Waals surface area contributed by atoms with Crippen LogP contribution in [0, 0.1) is 0 Å². The monoisotopic (exact) mass is 434 g/mol. The molecule has 1 aromatic rings. The third-order valence-corrected chi connectivity index (χ3v) is 7.62. The molecule has 1 spiro atoms. The summed E-state index contributed by atoms with van der Waals surface area (Å²) in [6.45, 7) is 11.3. The van der Waals surface area contributed by atoms with Gasteiger partial charge in [-0.1, -0.05) is 6.08 Å². The third-order valence-electron chi connectivity index (χ3n) is 7.62. The van der Waals surface area contributed by atoms with Gasteiger partial charge in [-0.3, -0.25) is 4.90 Å². The van der Waals surface area contributed by atoms with Gasteiger partial charge in [-0.25, -0.2) is 18.7 Å². The molecule has 0 amide bonds. The Balaban J connectivity index is 1.32. The van der Waals surface area contributed by atoms with Gasteiger partial charge in [0.25, 0.3) is 6.43 Å². The number of hydrogen-bond donors (Lipinski definition) is 1. The van der Waals surface area contributed by atoms with Gasteiger partial charge in [0.05, 0.1) is 12.2 Å². The molecular formula is C22H32F2N6O. The minimum absolute atomic E-state index is 0.180. The van der Waals surface area contributed by atoms with Crippen molar-refractivity contribution in [1.29, 1.82) is 0 Å². The molecule has 0 aromatic carbocycles. The molecule has 0 radical (unpaired) electrons. The fourth-order valence-corrected chi connectivity index (χ4v) is 5.43. The van der Waals surface area contributed by atoms with E-state index in [9.17, 15) is 8.78 Å². The van der Waals surface area contributed by atoms with Gasteiger partial charge in [-0.15, -0.1) is 0 Å². The van der Waals surface area contributed by atoms with Crippen molar-refractivity contribution >= 4 is 11.6 Å². The Morgan fingerprint density at radius 1 is 1.13 bits per heavy atom. The predicted molar refractivity (Wildman–Crippen MR) is 116 cm³/mol. The summed E-state index contributed by atoms with van der Waals surface area (Å²) in [6, 6.07) is 2.59. The molecule has 9 heteroatoms. The van der Waals surface area contributed by atoms with Crippen LogP contribution < -0.4 is 15.1 Å². The minimum Gasteiger partial charge on any atom is -0.366 e. The molecule has 3 fully saturated rings. The molecule has 5 rings (SSSR count). The molecule has 1 aromatic heterocycles.